The van der Waals surface area contributed by atoms with Gasteiger partial charge in [-0.3, -0.25) is 9.69 Å². The van der Waals surface area contributed by atoms with E-state index in [9.17, 15) is 4.79 Å². The summed E-state index contributed by atoms with van der Waals surface area (Å²) in [6.45, 7) is 11.8. The molecule has 1 N–H and O–H groups in total. The van der Waals surface area contributed by atoms with Crippen LogP contribution in [-0.4, -0.2) is 23.9 Å². The third-order valence-corrected chi connectivity index (χ3v) is 5.62. The molecule has 4 heteroatoms. The fourth-order valence-electron chi connectivity index (χ4n) is 3.74. The molecule has 1 aromatic heterocycles. The first-order valence-electron chi connectivity index (χ1n) is 9.59. The Labute approximate surface area is 156 Å². The number of carbonyl (C=O) groups excluding carboxylic acids is 1. The Morgan fingerprint density at radius 3 is 2.38 bits per heavy atom. The molecule has 0 radical (unpaired) electrons. The molecule has 2 aromatic rings. The minimum Gasteiger partial charge on any atom is -0.466 e. The lowest BCUT2D eigenvalue weighted by Crippen LogP contribution is -2.33. The van der Waals surface area contributed by atoms with Gasteiger partial charge in [0.2, 0.25) is 0 Å². The van der Waals surface area contributed by atoms with E-state index in [1.165, 1.54) is 24.0 Å². The monoisotopic (exact) mass is 354 g/mol. The second-order valence-corrected chi connectivity index (χ2v) is 7.62. The highest BCUT2D eigenvalue weighted by Gasteiger charge is 2.19. The summed E-state index contributed by atoms with van der Waals surface area (Å²) in [7, 11) is 0. The lowest BCUT2D eigenvalue weighted by Gasteiger charge is -2.30. The summed E-state index contributed by atoms with van der Waals surface area (Å²) in [5.74, 6) is 2.28. The molecule has 0 atom stereocenters. The molecule has 0 saturated carbocycles. The van der Waals surface area contributed by atoms with Crippen LogP contribution in [0.25, 0.3) is 0 Å². The molecular weight excluding hydrogens is 324 g/mol. The summed E-state index contributed by atoms with van der Waals surface area (Å²) in [4.78, 5) is 15.2. The first kappa shape index (κ1) is 18.7. The zero-order valence-corrected chi connectivity index (χ0v) is 16.4. The number of rotatable bonds is 5. The molecule has 1 amide bonds. The van der Waals surface area contributed by atoms with Crippen LogP contribution in [0.3, 0.4) is 0 Å². The molecule has 1 fully saturated rings. The summed E-state index contributed by atoms with van der Waals surface area (Å²) < 4.78 is 5.58. The van der Waals surface area contributed by atoms with Gasteiger partial charge in [-0.15, -0.1) is 0 Å². The molecule has 0 unspecified atom stereocenters. The lowest BCUT2D eigenvalue weighted by molar-refractivity contribution is 0.0948. The van der Waals surface area contributed by atoms with Crippen molar-refractivity contribution in [3.63, 3.8) is 0 Å². The van der Waals surface area contributed by atoms with E-state index < -0.39 is 0 Å². The van der Waals surface area contributed by atoms with Gasteiger partial charge in [-0.25, -0.2) is 0 Å². The van der Waals surface area contributed by atoms with E-state index in [1.54, 1.807) is 0 Å². The number of nitrogens with zero attached hydrogens (tertiary/aromatic N) is 1. The smallest absolute Gasteiger partial charge is 0.255 e. The molecule has 2 heterocycles. The Hall–Kier alpha value is -2.07. The molecule has 1 aromatic carbocycles. The van der Waals surface area contributed by atoms with Crippen molar-refractivity contribution in [3.8, 4) is 0 Å². The predicted octanol–water partition coefficient (Wildman–Crippen LogP) is 4.37. The van der Waals surface area contributed by atoms with Crippen molar-refractivity contribution in [3.05, 3.63) is 58.0 Å². The topological polar surface area (TPSA) is 45.5 Å². The highest BCUT2D eigenvalue weighted by atomic mass is 16.3. The number of benzene rings is 1. The molecule has 0 bridgehead atoms. The van der Waals surface area contributed by atoms with E-state index in [4.69, 9.17) is 4.42 Å². The molecule has 140 valence electrons. The van der Waals surface area contributed by atoms with Crippen LogP contribution in [0.2, 0.25) is 0 Å². The third-order valence-electron chi connectivity index (χ3n) is 5.62. The highest BCUT2D eigenvalue weighted by molar-refractivity contribution is 5.96. The van der Waals surface area contributed by atoms with Crippen LogP contribution >= 0.6 is 0 Å². The molecule has 1 saturated heterocycles. The normalized spacial score (nSPS) is 16.0. The number of hydrogen-bond acceptors (Lipinski definition) is 3. The average molecular weight is 354 g/mol. The first-order valence-corrected chi connectivity index (χ1v) is 9.59. The summed E-state index contributed by atoms with van der Waals surface area (Å²) in [5, 5.41) is 3.08. The Bertz CT molecular complexity index is 770. The fraction of sp³-hybridized carbons (Fsp3) is 0.500. The van der Waals surface area contributed by atoms with E-state index in [2.05, 4.69) is 35.3 Å². The van der Waals surface area contributed by atoms with E-state index in [0.717, 1.165) is 36.9 Å². The SMILES string of the molecule is Cc1oc(C)c(C(=O)NCc2ccccc2CN2CCC(C)CC2)c1C. The van der Waals surface area contributed by atoms with Gasteiger partial charge in [-0.1, -0.05) is 31.2 Å². The quantitative estimate of drug-likeness (QED) is 0.867. The number of nitrogens with one attached hydrogen (secondary N) is 1. The van der Waals surface area contributed by atoms with Gasteiger partial charge in [0.05, 0.1) is 5.56 Å². The molecular formula is C22H30N2O2. The Morgan fingerprint density at radius 2 is 1.77 bits per heavy atom. The lowest BCUT2D eigenvalue weighted by atomic mass is 9.98. The van der Waals surface area contributed by atoms with Crippen LogP contribution in [0.4, 0.5) is 0 Å². The standard InChI is InChI=1S/C22H30N2O2/c1-15-9-11-24(12-10-15)14-20-8-6-5-7-19(20)13-23-22(25)21-16(2)17(3)26-18(21)4/h5-8,15H,9-14H2,1-4H3,(H,23,25). The van der Waals surface area contributed by atoms with E-state index in [0.29, 0.717) is 17.9 Å². The minimum absolute atomic E-state index is 0.0570. The van der Waals surface area contributed by atoms with Crippen LogP contribution in [0.1, 0.15) is 58.3 Å². The van der Waals surface area contributed by atoms with Gasteiger partial charge in [0, 0.05) is 18.7 Å². The first-order chi connectivity index (χ1) is 12.5. The fourth-order valence-corrected chi connectivity index (χ4v) is 3.74. The van der Waals surface area contributed by atoms with Gasteiger partial charge in [-0.05, 0) is 63.7 Å². The van der Waals surface area contributed by atoms with Crippen molar-refractivity contribution in [2.75, 3.05) is 13.1 Å². The van der Waals surface area contributed by atoms with Gasteiger partial charge >= 0.3 is 0 Å². The van der Waals surface area contributed by atoms with Gasteiger partial charge < -0.3 is 9.73 Å². The third kappa shape index (κ3) is 4.18. The summed E-state index contributed by atoms with van der Waals surface area (Å²) in [5.41, 5.74) is 4.09. The van der Waals surface area contributed by atoms with Gasteiger partial charge in [-0.2, -0.15) is 0 Å². The number of likely N-dealkylation sites (tertiary alicyclic amines) is 1. The van der Waals surface area contributed by atoms with Gasteiger partial charge in [0.1, 0.15) is 11.5 Å². The Balaban J connectivity index is 1.66. The van der Waals surface area contributed by atoms with Crippen molar-refractivity contribution in [2.24, 2.45) is 5.92 Å². The van der Waals surface area contributed by atoms with E-state index in [1.807, 2.05) is 26.8 Å². The van der Waals surface area contributed by atoms with Crippen LogP contribution in [0.15, 0.2) is 28.7 Å². The molecule has 0 aliphatic carbocycles. The largest absolute Gasteiger partial charge is 0.466 e. The Morgan fingerprint density at radius 1 is 1.12 bits per heavy atom. The summed E-state index contributed by atoms with van der Waals surface area (Å²) in [6.07, 6.45) is 2.55. The maximum absolute atomic E-state index is 12.6. The van der Waals surface area contributed by atoms with Crippen LogP contribution in [0.5, 0.6) is 0 Å². The van der Waals surface area contributed by atoms with Crippen molar-refractivity contribution in [1.82, 2.24) is 10.2 Å². The zero-order chi connectivity index (χ0) is 18.7. The number of aryl methyl sites for hydroxylation is 2. The number of piperidine rings is 1. The zero-order valence-electron chi connectivity index (χ0n) is 16.4. The summed E-state index contributed by atoms with van der Waals surface area (Å²) in [6, 6.07) is 8.42. The number of carbonyl (C=O) groups is 1. The second-order valence-electron chi connectivity index (χ2n) is 7.62. The Kier molecular flexibility index (Phi) is 5.82. The van der Waals surface area contributed by atoms with E-state index >= 15 is 0 Å². The molecule has 26 heavy (non-hydrogen) atoms. The van der Waals surface area contributed by atoms with Crippen molar-refractivity contribution >= 4 is 5.91 Å². The van der Waals surface area contributed by atoms with Crippen LogP contribution in [-0.2, 0) is 13.1 Å². The molecule has 4 nitrogen and oxygen atoms in total. The van der Waals surface area contributed by atoms with E-state index in [-0.39, 0.29) is 5.91 Å². The maximum atomic E-state index is 12.6. The van der Waals surface area contributed by atoms with Crippen molar-refractivity contribution in [1.29, 1.82) is 0 Å². The molecule has 1 aliphatic rings. The van der Waals surface area contributed by atoms with Crippen LogP contribution in [0, 0.1) is 26.7 Å². The van der Waals surface area contributed by atoms with Gasteiger partial charge in [0.25, 0.3) is 5.91 Å². The summed E-state index contributed by atoms with van der Waals surface area (Å²) >= 11 is 0. The van der Waals surface area contributed by atoms with Crippen molar-refractivity contribution in [2.45, 2.75) is 53.6 Å². The predicted molar refractivity (Wildman–Crippen MR) is 104 cm³/mol. The second kappa shape index (κ2) is 8.09. The molecule has 0 spiro atoms. The molecule has 1 aliphatic heterocycles. The highest BCUT2D eigenvalue weighted by Crippen LogP contribution is 2.22. The number of hydrogen-bond donors (Lipinski definition) is 1. The average Bonchev–Trinajstić information content (AvgIpc) is 2.88. The molecule has 3 rings (SSSR count). The number of furan rings is 1. The van der Waals surface area contributed by atoms with Crippen molar-refractivity contribution < 1.29 is 9.21 Å². The van der Waals surface area contributed by atoms with Crippen LogP contribution < -0.4 is 5.32 Å². The van der Waals surface area contributed by atoms with Gasteiger partial charge in [0.15, 0.2) is 0 Å². The number of amides is 1. The maximum Gasteiger partial charge on any atom is 0.255 e. The minimum atomic E-state index is -0.0570.